The van der Waals surface area contributed by atoms with Gasteiger partial charge in [0.2, 0.25) is 0 Å². The molecule has 1 N–H and O–H groups in total. The summed E-state index contributed by atoms with van der Waals surface area (Å²) in [4.78, 5) is 23.9. The van der Waals surface area contributed by atoms with E-state index in [1.54, 1.807) is 26.0 Å². The fourth-order valence-electron chi connectivity index (χ4n) is 2.17. The molecule has 1 aromatic rings. The molecule has 0 spiro atoms. The van der Waals surface area contributed by atoms with Crippen molar-refractivity contribution in [1.82, 2.24) is 0 Å². The van der Waals surface area contributed by atoms with Crippen LogP contribution in [0.2, 0.25) is 0 Å². The molecule has 108 valence electrons. The van der Waals surface area contributed by atoms with Crippen LogP contribution in [-0.2, 0) is 20.7 Å². The number of hydrogen-bond acceptors (Lipinski definition) is 3. The van der Waals surface area contributed by atoms with E-state index in [4.69, 9.17) is 4.74 Å². The molecule has 0 aliphatic heterocycles. The minimum Gasteiger partial charge on any atom is -0.480 e. The molecule has 1 rings (SSSR count). The maximum atomic E-state index is 12.2. The highest BCUT2D eigenvalue weighted by atomic mass is 16.5. The average Bonchev–Trinajstić information content (AvgIpc) is 2.38. The van der Waals surface area contributed by atoms with Gasteiger partial charge in [0, 0.05) is 0 Å². The van der Waals surface area contributed by atoms with Crippen molar-refractivity contribution in [2.45, 2.75) is 26.7 Å². The zero-order valence-corrected chi connectivity index (χ0v) is 11.9. The van der Waals surface area contributed by atoms with Crippen LogP contribution < -0.4 is 0 Å². The van der Waals surface area contributed by atoms with E-state index in [0.717, 1.165) is 5.56 Å². The van der Waals surface area contributed by atoms with Gasteiger partial charge in [-0.15, -0.1) is 6.58 Å². The minimum atomic E-state index is -1.61. The summed E-state index contributed by atoms with van der Waals surface area (Å²) in [6.07, 6.45) is 0.158. The second kappa shape index (κ2) is 6.89. The van der Waals surface area contributed by atoms with Crippen LogP contribution >= 0.6 is 0 Å². The number of allylic oxidation sites excluding steroid dienone is 1. The van der Waals surface area contributed by atoms with E-state index in [-0.39, 0.29) is 19.4 Å². The summed E-state index contributed by atoms with van der Waals surface area (Å²) < 4.78 is 4.98. The number of carbonyl (C=O) groups is 2. The Morgan fingerprint density at radius 3 is 2.35 bits per heavy atom. The Balaban J connectivity index is 3.18. The highest BCUT2D eigenvalue weighted by Gasteiger charge is 2.47. The number of carboxylic acids is 1. The standard InChI is InChI=1S/C16H20O4/c1-4-20-15(19)16(14(17)18,10-12(2)3)11-13-8-6-5-7-9-13/h5-9H,2,4,10-11H2,1,3H3,(H,17,18). The number of carbonyl (C=O) groups excluding carboxylic acids is 1. The molecule has 4 nitrogen and oxygen atoms in total. The smallest absolute Gasteiger partial charge is 0.324 e. The topological polar surface area (TPSA) is 63.6 Å². The second-order valence-corrected chi connectivity index (χ2v) is 4.90. The van der Waals surface area contributed by atoms with Crippen molar-refractivity contribution >= 4 is 11.9 Å². The zero-order chi connectivity index (χ0) is 15.2. The van der Waals surface area contributed by atoms with Gasteiger partial charge in [0.1, 0.15) is 0 Å². The van der Waals surface area contributed by atoms with Gasteiger partial charge >= 0.3 is 11.9 Å². The Labute approximate surface area is 119 Å². The zero-order valence-electron chi connectivity index (χ0n) is 11.9. The quantitative estimate of drug-likeness (QED) is 0.472. The lowest BCUT2D eigenvalue weighted by Crippen LogP contribution is -2.43. The molecule has 4 heteroatoms. The second-order valence-electron chi connectivity index (χ2n) is 4.90. The van der Waals surface area contributed by atoms with E-state index in [0.29, 0.717) is 5.57 Å². The van der Waals surface area contributed by atoms with Gasteiger partial charge in [-0.25, -0.2) is 0 Å². The third-order valence-corrected chi connectivity index (χ3v) is 3.03. The molecule has 0 saturated carbocycles. The van der Waals surface area contributed by atoms with E-state index in [1.807, 2.05) is 18.2 Å². The van der Waals surface area contributed by atoms with E-state index >= 15 is 0 Å². The summed E-state index contributed by atoms with van der Waals surface area (Å²) in [6.45, 7) is 7.26. The largest absolute Gasteiger partial charge is 0.480 e. The molecule has 0 saturated heterocycles. The van der Waals surface area contributed by atoms with Crippen molar-refractivity contribution in [3.8, 4) is 0 Å². The fraction of sp³-hybridized carbons (Fsp3) is 0.375. The summed E-state index contributed by atoms with van der Waals surface area (Å²) in [5.41, 5.74) is -0.191. The van der Waals surface area contributed by atoms with Crippen LogP contribution in [0.3, 0.4) is 0 Å². The first-order valence-electron chi connectivity index (χ1n) is 6.51. The van der Waals surface area contributed by atoms with Gasteiger partial charge in [0.05, 0.1) is 6.61 Å². The van der Waals surface area contributed by atoms with Gasteiger partial charge < -0.3 is 9.84 Å². The molecule has 0 radical (unpaired) electrons. The maximum Gasteiger partial charge on any atom is 0.324 e. The fourth-order valence-corrected chi connectivity index (χ4v) is 2.17. The Bertz CT molecular complexity index is 492. The normalized spacial score (nSPS) is 13.3. The molecule has 20 heavy (non-hydrogen) atoms. The molecule has 0 aromatic heterocycles. The van der Waals surface area contributed by atoms with Crippen LogP contribution in [0, 0.1) is 5.41 Å². The number of hydrogen-bond donors (Lipinski definition) is 1. The number of carboxylic acid groups (broad SMARTS) is 1. The lowest BCUT2D eigenvalue weighted by Gasteiger charge is -2.27. The van der Waals surface area contributed by atoms with Crippen LogP contribution in [0.5, 0.6) is 0 Å². The van der Waals surface area contributed by atoms with Crippen molar-refractivity contribution in [3.05, 3.63) is 48.0 Å². The third-order valence-electron chi connectivity index (χ3n) is 3.03. The first-order chi connectivity index (χ1) is 9.42. The molecular formula is C16H20O4. The van der Waals surface area contributed by atoms with Gasteiger partial charge in [-0.3, -0.25) is 9.59 Å². The average molecular weight is 276 g/mol. The molecule has 0 heterocycles. The number of aliphatic carboxylic acids is 1. The predicted octanol–water partition coefficient (Wildman–Crippen LogP) is 2.83. The first-order valence-corrected chi connectivity index (χ1v) is 6.51. The molecule has 0 fully saturated rings. The van der Waals surface area contributed by atoms with Crippen LogP contribution in [0.4, 0.5) is 0 Å². The molecule has 1 unspecified atom stereocenters. The van der Waals surface area contributed by atoms with E-state index in [1.165, 1.54) is 0 Å². The number of ether oxygens (including phenoxy) is 1. The lowest BCUT2D eigenvalue weighted by molar-refractivity contribution is -0.168. The number of esters is 1. The molecule has 0 aliphatic rings. The number of benzene rings is 1. The summed E-state index contributed by atoms with van der Waals surface area (Å²) in [5.74, 6) is -1.89. The van der Waals surface area contributed by atoms with Crippen molar-refractivity contribution in [2.24, 2.45) is 5.41 Å². The molecular weight excluding hydrogens is 256 g/mol. The van der Waals surface area contributed by atoms with Crippen LogP contribution in [0.1, 0.15) is 25.8 Å². The third kappa shape index (κ3) is 3.70. The van der Waals surface area contributed by atoms with Crippen molar-refractivity contribution in [1.29, 1.82) is 0 Å². The van der Waals surface area contributed by atoms with Crippen LogP contribution in [-0.4, -0.2) is 23.7 Å². The highest BCUT2D eigenvalue weighted by molar-refractivity contribution is 5.99. The number of rotatable bonds is 7. The van der Waals surface area contributed by atoms with Gasteiger partial charge in [0.25, 0.3) is 0 Å². The highest BCUT2D eigenvalue weighted by Crippen LogP contribution is 2.32. The summed E-state index contributed by atoms with van der Waals surface area (Å²) in [7, 11) is 0. The Morgan fingerprint density at radius 2 is 1.90 bits per heavy atom. The van der Waals surface area contributed by atoms with Gasteiger partial charge in [-0.05, 0) is 32.3 Å². The van der Waals surface area contributed by atoms with Crippen molar-refractivity contribution < 1.29 is 19.4 Å². The van der Waals surface area contributed by atoms with E-state index in [2.05, 4.69) is 6.58 Å². The SMILES string of the molecule is C=C(C)CC(Cc1ccccc1)(C(=O)O)C(=O)OCC. The molecule has 1 aromatic carbocycles. The van der Waals surface area contributed by atoms with Crippen LogP contribution in [0.15, 0.2) is 42.5 Å². The van der Waals surface area contributed by atoms with E-state index in [9.17, 15) is 14.7 Å². The molecule has 0 bridgehead atoms. The monoisotopic (exact) mass is 276 g/mol. The first kappa shape index (κ1) is 16.0. The Kier molecular flexibility index (Phi) is 5.50. The van der Waals surface area contributed by atoms with Crippen molar-refractivity contribution in [2.75, 3.05) is 6.61 Å². The summed E-state index contributed by atoms with van der Waals surface area (Å²) in [5, 5.41) is 9.59. The molecule has 0 amide bonds. The van der Waals surface area contributed by atoms with Crippen molar-refractivity contribution in [3.63, 3.8) is 0 Å². The Morgan fingerprint density at radius 1 is 1.30 bits per heavy atom. The lowest BCUT2D eigenvalue weighted by atomic mass is 9.76. The minimum absolute atomic E-state index is 0.0655. The predicted molar refractivity (Wildman–Crippen MR) is 76.3 cm³/mol. The van der Waals surface area contributed by atoms with Crippen LogP contribution in [0.25, 0.3) is 0 Å². The van der Waals surface area contributed by atoms with E-state index < -0.39 is 17.4 Å². The summed E-state index contributed by atoms with van der Waals surface area (Å²) >= 11 is 0. The van der Waals surface area contributed by atoms with Gasteiger partial charge in [0.15, 0.2) is 5.41 Å². The molecule has 0 aliphatic carbocycles. The van der Waals surface area contributed by atoms with Gasteiger partial charge in [-0.1, -0.05) is 35.9 Å². The van der Waals surface area contributed by atoms with Gasteiger partial charge in [-0.2, -0.15) is 0 Å². The molecule has 1 atom stereocenters. The maximum absolute atomic E-state index is 12.2. The Hall–Kier alpha value is -2.10. The summed E-state index contributed by atoms with van der Waals surface area (Å²) in [6, 6.07) is 9.07.